The number of aliphatic carboxylic acids is 3. The summed E-state index contributed by atoms with van der Waals surface area (Å²) < 4.78 is 0. The largest absolute Gasteiger partial charge is 3.00 e. The molecule has 13 nitrogen and oxygen atoms in total. The third-order valence-corrected chi connectivity index (χ3v) is 5.01. The van der Waals surface area contributed by atoms with Crippen LogP contribution in [0.25, 0.3) is 0 Å². The molecule has 207 valence electrons. The number of carboxylic acid groups (broad SMARTS) is 3. The Balaban J connectivity index is 0. The van der Waals surface area contributed by atoms with Crippen LogP contribution in [-0.4, -0.2) is 123 Å². The maximum atomic E-state index is 12.2. The first-order valence-electron chi connectivity index (χ1n) is 11.7. The first kappa shape index (κ1) is 36.9. The van der Waals surface area contributed by atoms with Crippen LogP contribution in [0.2, 0.25) is 0 Å². The van der Waals surface area contributed by atoms with Crippen LogP contribution in [0.5, 0.6) is 0 Å². The molecule has 2 N–H and O–H groups in total. The number of nitrogens with zero attached hydrogens (tertiary/aromatic N) is 3. The molecule has 0 atom stereocenters. The Kier molecular flexibility index (Phi) is 23.4. The van der Waals surface area contributed by atoms with Gasteiger partial charge in [0.1, 0.15) is 5.78 Å². The number of carbonyl (C=O) groups excluding carboxylic acids is 5. The van der Waals surface area contributed by atoms with Gasteiger partial charge in [-0.2, -0.15) is 0 Å². The first-order valence-corrected chi connectivity index (χ1v) is 11.7. The van der Waals surface area contributed by atoms with Crippen molar-refractivity contribution in [2.24, 2.45) is 0 Å². The first-order chi connectivity index (χ1) is 16.5. The fraction of sp³-hybridized carbons (Fsp3) is 0.773. The molecule has 14 heteroatoms. The molecule has 1 amide bonds. The van der Waals surface area contributed by atoms with Gasteiger partial charge in [-0.1, -0.05) is 12.8 Å². The molecule has 0 spiro atoms. The predicted molar refractivity (Wildman–Crippen MR) is 120 cm³/mol. The van der Waals surface area contributed by atoms with Crippen molar-refractivity contribution in [2.75, 3.05) is 79.0 Å². The summed E-state index contributed by atoms with van der Waals surface area (Å²) in [5.74, 6) is -4.74. The Morgan fingerprint density at radius 1 is 0.611 bits per heavy atom. The average molecular weight is 658 g/mol. The molecule has 0 aliphatic carbocycles. The van der Waals surface area contributed by atoms with Crippen molar-refractivity contribution in [2.45, 2.75) is 32.6 Å². The van der Waals surface area contributed by atoms with Crippen LogP contribution in [0.1, 0.15) is 32.6 Å². The van der Waals surface area contributed by atoms with Gasteiger partial charge in [-0.3, -0.25) is 24.3 Å². The maximum Gasteiger partial charge on any atom is 3.00 e. The van der Waals surface area contributed by atoms with Gasteiger partial charge in [-0.05, 0) is 33.4 Å². The number of carbonyl (C=O) groups is 5. The van der Waals surface area contributed by atoms with Gasteiger partial charge in [0.15, 0.2) is 0 Å². The third kappa shape index (κ3) is 23.1. The topological polar surface area (TPSA) is 188 Å². The molecule has 0 aromatic carbocycles. The quantitative estimate of drug-likeness (QED) is 0.0995. The van der Waals surface area contributed by atoms with E-state index < -0.39 is 37.5 Å². The van der Waals surface area contributed by atoms with Crippen LogP contribution in [0.4, 0.5) is 0 Å². The standard InChI is InChI=1S/C22H41N5O8.Gd/c1-18(28)13-26(16-21(32)33)11-9-25(15-20(30)31)10-12-27(17-22(34)35)14-19(29)24-8-6-4-3-5-7-23-2;/h23H,3-17H2,1-2H3,(H,24,29)(H,30,31)(H,32,33)(H,34,35);/q;+3/p-3. The number of ketones is 1. The minimum Gasteiger partial charge on any atom is -0.549 e. The predicted octanol–water partition coefficient (Wildman–Crippen LogP) is -5.37. The monoisotopic (exact) mass is 658 g/mol. The van der Waals surface area contributed by atoms with Crippen LogP contribution in [0.3, 0.4) is 0 Å². The van der Waals surface area contributed by atoms with Gasteiger partial charge >= 0.3 is 39.9 Å². The Morgan fingerprint density at radius 2 is 1.03 bits per heavy atom. The normalized spacial score (nSPS) is 10.9. The van der Waals surface area contributed by atoms with Gasteiger partial charge in [-0.15, -0.1) is 0 Å². The van der Waals surface area contributed by atoms with E-state index in [4.69, 9.17) is 0 Å². The molecule has 0 fully saturated rings. The molecule has 0 aromatic rings. The van der Waals surface area contributed by atoms with E-state index in [2.05, 4.69) is 10.6 Å². The molecule has 36 heavy (non-hydrogen) atoms. The molecule has 0 aliphatic heterocycles. The van der Waals surface area contributed by atoms with Gasteiger partial charge in [0.2, 0.25) is 5.91 Å². The summed E-state index contributed by atoms with van der Waals surface area (Å²) in [6, 6.07) is 0. The zero-order valence-corrected chi connectivity index (χ0v) is 23.3. The van der Waals surface area contributed by atoms with E-state index in [1.165, 1.54) is 21.6 Å². The average Bonchev–Trinajstić information content (AvgIpc) is 2.73. The van der Waals surface area contributed by atoms with Gasteiger partial charge in [-0.25, -0.2) is 0 Å². The Hall–Kier alpha value is -1.29. The smallest absolute Gasteiger partial charge is 0.549 e. The molecule has 0 bridgehead atoms. The van der Waals surface area contributed by atoms with E-state index in [-0.39, 0.29) is 90.9 Å². The molecule has 0 aliphatic rings. The van der Waals surface area contributed by atoms with Crippen molar-refractivity contribution in [1.29, 1.82) is 0 Å². The fourth-order valence-electron chi connectivity index (χ4n) is 3.39. The number of amides is 1. The summed E-state index contributed by atoms with van der Waals surface area (Å²) in [6.07, 6.45) is 3.85. The van der Waals surface area contributed by atoms with E-state index in [0.717, 1.165) is 32.2 Å². The number of hydrogen-bond acceptors (Lipinski definition) is 12. The van der Waals surface area contributed by atoms with Gasteiger partial charge < -0.3 is 40.3 Å². The minimum absolute atomic E-state index is 0. The van der Waals surface area contributed by atoms with Crippen molar-refractivity contribution in [1.82, 2.24) is 25.3 Å². The van der Waals surface area contributed by atoms with Gasteiger partial charge in [0.25, 0.3) is 0 Å². The molecule has 0 unspecified atom stereocenters. The number of Topliss-reactive ketones (excluding diaryl/α,β-unsaturated/α-hetero) is 1. The summed E-state index contributed by atoms with van der Waals surface area (Å²) in [4.78, 5) is 60.8. The van der Waals surface area contributed by atoms with E-state index >= 15 is 0 Å². The van der Waals surface area contributed by atoms with Crippen LogP contribution < -0.4 is 26.0 Å². The minimum atomic E-state index is -1.38. The molecule has 0 rings (SSSR count). The van der Waals surface area contributed by atoms with Crippen molar-refractivity contribution in [3.8, 4) is 0 Å². The molecular formula is C22H38GdN5O8. The molecule has 0 heterocycles. The molecule has 0 saturated heterocycles. The molecule has 1 radical (unpaired) electrons. The summed E-state index contributed by atoms with van der Waals surface area (Å²) in [6.45, 7) is 1.13. The second kappa shape index (κ2) is 22.9. The zero-order chi connectivity index (χ0) is 26.6. The van der Waals surface area contributed by atoms with Crippen molar-refractivity contribution < 1.29 is 79.2 Å². The van der Waals surface area contributed by atoms with Crippen molar-refractivity contribution >= 4 is 29.6 Å². The number of hydrogen-bond donors (Lipinski definition) is 2. The van der Waals surface area contributed by atoms with Crippen LogP contribution in [-0.2, 0) is 24.0 Å². The van der Waals surface area contributed by atoms with Crippen molar-refractivity contribution in [3.63, 3.8) is 0 Å². The Labute approximate surface area is 244 Å². The summed E-state index contributed by atoms with van der Waals surface area (Å²) >= 11 is 0. The van der Waals surface area contributed by atoms with Crippen LogP contribution >= 0.6 is 0 Å². The summed E-state index contributed by atoms with van der Waals surface area (Å²) in [5.41, 5.74) is 0. The maximum absolute atomic E-state index is 12.2. The molecule has 0 saturated carbocycles. The SMILES string of the molecule is CNCCCCCCNC(=O)CN(CCN(CCN(CC(C)=O)CC(=O)[O-])CC(=O)[O-])CC(=O)[O-].[Gd+3]. The summed E-state index contributed by atoms with van der Waals surface area (Å²) in [7, 11) is 1.89. The Morgan fingerprint density at radius 3 is 1.47 bits per heavy atom. The summed E-state index contributed by atoms with van der Waals surface area (Å²) in [5, 5.41) is 38.9. The molecule has 0 aromatic heterocycles. The second-order valence-electron chi connectivity index (χ2n) is 8.38. The Bertz CT molecular complexity index is 667. The number of nitrogens with one attached hydrogen (secondary N) is 2. The second-order valence-corrected chi connectivity index (χ2v) is 8.38. The number of rotatable bonds is 23. The van der Waals surface area contributed by atoms with Crippen LogP contribution in [0.15, 0.2) is 0 Å². The van der Waals surface area contributed by atoms with Crippen molar-refractivity contribution in [3.05, 3.63) is 0 Å². The molecular weight excluding hydrogens is 620 g/mol. The van der Waals surface area contributed by atoms with Crippen LogP contribution in [0, 0.1) is 39.9 Å². The number of unbranched alkanes of at least 4 members (excludes halogenated alkanes) is 3. The van der Waals surface area contributed by atoms with E-state index in [9.17, 15) is 39.3 Å². The van der Waals surface area contributed by atoms with E-state index in [0.29, 0.717) is 6.54 Å². The van der Waals surface area contributed by atoms with E-state index in [1.807, 2.05) is 7.05 Å². The van der Waals surface area contributed by atoms with Gasteiger partial charge in [0.05, 0.1) is 31.0 Å². The van der Waals surface area contributed by atoms with E-state index in [1.54, 1.807) is 0 Å². The van der Waals surface area contributed by atoms with Gasteiger partial charge in [0, 0.05) is 52.4 Å². The zero-order valence-electron chi connectivity index (χ0n) is 21.1. The number of carboxylic acids is 3. The fourth-order valence-corrected chi connectivity index (χ4v) is 3.39. The third-order valence-electron chi connectivity index (χ3n) is 5.01.